The van der Waals surface area contributed by atoms with Gasteiger partial charge < -0.3 is 20.6 Å². The van der Waals surface area contributed by atoms with Crippen LogP contribution in [0, 0.1) is 0 Å². The highest BCUT2D eigenvalue weighted by Gasteiger charge is 2.28. The van der Waals surface area contributed by atoms with Crippen LogP contribution in [0.1, 0.15) is 17.4 Å². The Hall–Kier alpha value is -3.06. The number of hydrogen-bond acceptors (Lipinski definition) is 5. The van der Waals surface area contributed by atoms with Gasteiger partial charge in [-0.1, -0.05) is 6.07 Å². The third-order valence-corrected chi connectivity index (χ3v) is 4.79. The molecule has 7 heteroatoms. The molecule has 1 amide bonds. The maximum Gasteiger partial charge on any atom is 0.273 e. The molecule has 0 bridgehead atoms. The monoisotopic (exact) mass is 365 g/mol. The van der Waals surface area contributed by atoms with Gasteiger partial charge in [0.1, 0.15) is 17.3 Å². The lowest BCUT2D eigenvalue weighted by Gasteiger charge is -2.28. The molecule has 0 radical (unpaired) electrons. The lowest BCUT2D eigenvalue weighted by atomic mass is 10.2. The summed E-state index contributed by atoms with van der Waals surface area (Å²) in [6.07, 6.45) is 1.72. The molecule has 3 aromatic rings. The Bertz CT molecular complexity index is 961. The van der Waals surface area contributed by atoms with Gasteiger partial charge in [-0.25, -0.2) is 4.98 Å². The summed E-state index contributed by atoms with van der Waals surface area (Å²) >= 11 is 0. The Morgan fingerprint density at radius 2 is 2.07 bits per heavy atom. The molecule has 140 valence electrons. The predicted molar refractivity (Wildman–Crippen MR) is 106 cm³/mol. The number of carbonyl (C=O) groups is 1. The first-order chi connectivity index (χ1) is 13.2. The van der Waals surface area contributed by atoms with E-state index >= 15 is 0 Å². The van der Waals surface area contributed by atoms with E-state index in [2.05, 4.69) is 15.6 Å². The molecule has 7 nitrogen and oxygen atoms in total. The first kappa shape index (κ1) is 17.4. The molecule has 0 saturated carbocycles. The molecule has 0 atom stereocenters. The molecule has 0 aliphatic carbocycles. The van der Waals surface area contributed by atoms with Crippen LogP contribution in [0.5, 0.6) is 5.75 Å². The second-order valence-corrected chi connectivity index (χ2v) is 6.52. The summed E-state index contributed by atoms with van der Waals surface area (Å²) < 4.78 is 1.89. The number of pyridine rings is 1. The van der Waals surface area contributed by atoms with Crippen molar-refractivity contribution in [3.63, 3.8) is 0 Å². The maximum absolute atomic E-state index is 13.5. The number of piperazine rings is 1. The minimum atomic E-state index is -0.0335. The summed E-state index contributed by atoms with van der Waals surface area (Å²) in [6, 6.07) is 10.8. The van der Waals surface area contributed by atoms with E-state index in [1.807, 2.05) is 40.7 Å². The predicted octanol–water partition coefficient (Wildman–Crippen LogP) is 2.21. The Morgan fingerprint density at radius 3 is 2.78 bits per heavy atom. The molecule has 1 aliphatic rings. The van der Waals surface area contributed by atoms with Gasteiger partial charge in [0.15, 0.2) is 0 Å². The number of phenolic OH excluding ortho intramolecular Hbond substituents is 1. The van der Waals surface area contributed by atoms with E-state index < -0.39 is 0 Å². The summed E-state index contributed by atoms with van der Waals surface area (Å²) in [5.74, 6) is 0.811. The van der Waals surface area contributed by atoms with Gasteiger partial charge in [0.2, 0.25) is 0 Å². The maximum atomic E-state index is 13.5. The zero-order valence-electron chi connectivity index (χ0n) is 15.3. The fourth-order valence-corrected chi connectivity index (χ4v) is 3.58. The largest absolute Gasteiger partial charge is 0.508 e. The number of aromatic nitrogens is 2. The number of rotatable bonds is 4. The van der Waals surface area contributed by atoms with Gasteiger partial charge >= 0.3 is 0 Å². The first-order valence-corrected chi connectivity index (χ1v) is 9.23. The van der Waals surface area contributed by atoms with Crippen LogP contribution in [0.2, 0.25) is 0 Å². The topological polar surface area (TPSA) is 82.4 Å². The molecule has 1 aliphatic heterocycles. The number of nitrogens with zero attached hydrogens (tertiary/aromatic N) is 3. The van der Waals surface area contributed by atoms with E-state index in [-0.39, 0.29) is 11.7 Å². The molecule has 27 heavy (non-hydrogen) atoms. The normalized spacial score (nSPS) is 14.5. The number of phenols is 1. The van der Waals surface area contributed by atoms with Gasteiger partial charge in [-0.3, -0.25) is 9.36 Å². The summed E-state index contributed by atoms with van der Waals surface area (Å²) in [4.78, 5) is 19.8. The van der Waals surface area contributed by atoms with Crippen molar-refractivity contribution in [2.75, 3.05) is 38.0 Å². The highest BCUT2D eigenvalue weighted by Crippen LogP contribution is 2.36. The number of benzene rings is 1. The average molecular weight is 365 g/mol. The number of hydrogen-bond donors (Lipinski definition) is 3. The zero-order valence-corrected chi connectivity index (χ0v) is 15.3. The second kappa shape index (κ2) is 7.28. The van der Waals surface area contributed by atoms with Crippen molar-refractivity contribution in [2.45, 2.75) is 6.92 Å². The molecule has 1 fully saturated rings. The number of carbonyl (C=O) groups excluding carboxylic acids is 1. The summed E-state index contributed by atoms with van der Waals surface area (Å²) in [7, 11) is 0. The van der Waals surface area contributed by atoms with E-state index in [0.717, 1.165) is 29.7 Å². The van der Waals surface area contributed by atoms with Crippen LogP contribution in [-0.2, 0) is 0 Å². The Morgan fingerprint density at radius 1 is 1.26 bits per heavy atom. The van der Waals surface area contributed by atoms with Crippen molar-refractivity contribution >= 4 is 22.5 Å². The van der Waals surface area contributed by atoms with Crippen LogP contribution in [0.25, 0.3) is 16.7 Å². The van der Waals surface area contributed by atoms with Crippen molar-refractivity contribution in [1.29, 1.82) is 0 Å². The van der Waals surface area contributed by atoms with Crippen LogP contribution in [0.4, 0.5) is 5.69 Å². The van der Waals surface area contributed by atoms with Crippen molar-refractivity contribution in [3.05, 3.63) is 48.3 Å². The fraction of sp³-hybridized carbons (Fsp3) is 0.300. The molecule has 0 unspecified atom stereocenters. The second-order valence-electron chi connectivity index (χ2n) is 6.52. The highest BCUT2D eigenvalue weighted by atomic mass is 16.3. The summed E-state index contributed by atoms with van der Waals surface area (Å²) in [6.45, 7) is 5.56. The molecule has 3 heterocycles. The third-order valence-electron chi connectivity index (χ3n) is 4.79. The molecular weight excluding hydrogens is 342 g/mol. The van der Waals surface area contributed by atoms with E-state index in [0.29, 0.717) is 31.1 Å². The van der Waals surface area contributed by atoms with E-state index in [4.69, 9.17) is 0 Å². The molecule has 1 aromatic carbocycles. The van der Waals surface area contributed by atoms with Crippen molar-refractivity contribution in [1.82, 2.24) is 19.8 Å². The van der Waals surface area contributed by atoms with E-state index in [1.165, 1.54) is 0 Å². The molecule has 3 N–H and O–H groups in total. The zero-order chi connectivity index (χ0) is 18.8. The van der Waals surface area contributed by atoms with Gasteiger partial charge in [-0.2, -0.15) is 0 Å². The van der Waals surface area contributed by atoms with Crippen LogP contribution < -0.4 is 10.6 Å². The number of anilines is 1. The minimum Gasteiger partial charge on any atom is -0.508 e. The molecule has 0 spiro atoms. The van der Waals surface area contributed by atoms with Gasteiger partial charge in [0.05, 0.1) is 11.2 Å². The summed E-state index contributed by atoms with van der Waals surface area (Å²) in [5, 5.41) is 17.4. The molecule has 4 rings (SSSR count). The van der Waals surface area contributed by atoms with Gasteiger partial charge in [0, 0.05) is 44.3 Å². The fourth-order valence-electron chi connectivity index (χ4n) is 3.58. The first-order valence-electron chi connectivity index (χ1n) is 9.23. The SMILES string of the molecule is CCNc1c(C(=O)N2CCNCC2)n(-c2ccccn2)c2ccc(O)cc12. The Labute approximate surface area is 157 Å². The lowest BCUT2D eigenvalue weighted by molar-refractivity contribution is 0.0729. The van der Waals surface area contributed by atoms with Crippen LogP contribution in [0.3, 0.4) is 0 Å². The van der Waals surface area contributed by atoms with Gasteiger partial charge in [-0.15, -0.1) is 0 Å². The molecular formula is C20H23N5O2. The molecule has 1 saturated heterocycles. The number of nitrogens with one attached hydrogen (secondary N) is 2. The van der Waals surface area contributed by atoms with E-state index in [9.17, 15) is 9.90 Å². The Balaban J connectivity index is 1.98. The summed E-state index contributed by atoms with van der Waals surface area (Å²) in [5.41, 5.74) is 2.12. The van der Waals surface area contributed by atoms with Gasteiger partial charge in [0.25, 0.3) is 5.91 Å². The Kier molecular flexibility index (Phi) is 4.68. The van der Waals surface area contributed by atoms with Crippen LogP contribution >= 0.6 is 0 Å². The minimum absolute atomic E-state index is 0.0335. The highest BCUT2D eigenvalue weighted by molar-refractivity contribution is 6.10. The lowest BCUT2D eigenvalue weighted by Crippen LogP contribution is -2.47. The van der Waals surface area contributed by atoms with E-state index in [1.54, 1.807) is 18.3 Å². The quantitative estimate of drug-likeness (QED) is 0.660. The van der Waals surface area contributed by atoms with Crippen LogP contribution in [0.15, 0.2) is 42.6 Å². The third kappa shape index (κ3) is 3.10. The number of fused-ring (bicyclic) bond motifs is 1. The van der Waals surface area contributed by atoms with Crippen molar-refractivity contribution < 1.29 is 9.90 Å². The number of aromatic hydroxyl groups is 1. The standard InChI is InChI=1S/C20H23N5O2/c1-2-22-18-15-13-14(26)6-7-16(15)25(17-5-3-4-8-23-17)19(18)20(27)24-11-9-21-10-12-24/h3-8,13,21-22,26H,2,9-12H2,1H3. The smallest absolute Gasteiger partial charge is 0.273 e. The van der Waals surface area contributed by atoms with Crippen molar-refractivity contribution in [3.8, 4) is 11.6 Å². The van der Waals surface area contributed by atoms with Crippen molar-refractivity contribution in [2.24, 2.45) is 0 Å². The number of amides is 1. The molecule has 2 aromatic heterocycles. The van der Waals surface area contributed by atoms with Crippen LogP contribution in [-0.4, -0.2) is 58.2 Å². The van der Waals surface area contributed by atoms with Gasteiger partial charge in [-0.05, 0) is 37.3 Å². The average Bonchev–Trinajstić information content (AvgIpc) is 3.02.